The summed E-state index contributed by atoms with van der Waals surface area (Å²) >= 11 is 0. The van der Waals surface area contributed by atoms with Crippen LogP contribution in [0.5, 0.6) is 5.75 Å². The quantitative estimate of drug-likeness (QED) is 0.907. The third-order valence-electron chi connectivity index (χ3n) is 3.40. The van der Waals surface area contributed by atoms with Gasteiger partial charge in [0.15, 0.2) is 0 Å². The molecule has 2 aromatic carbocycles. The SMILES string of the molecule is COc1ccccc1-c1ccc(C[C@@H](C)C(N)=O)cc1. The van der Waals surface area contributed by atoms with Crippen molar-refractivity contribution in [1.82, 2.24) is 0 Å². The molecule has 2 rings (SSSR count). The molecule has 0 bridgehead atoms. The number of amides is 1. The van der Waals surface area contributed by atoms with E-state index in [1.807, 2.05) is 55.5 Å². The summed E-state index contributed by atoms with van der Waals surface area (Å²) in [4.78, 5) is 11.1. The Labute approximate surface area is 119 Å². The molecule has 3 nitrogen and oxygen atoms in total. The van der Waals surface area contributed by atoms with Crippen molar-refractivity contribution >= 4 is 5.91 Å². The van der Waals surface area contributed by atoms with Gasteiger partial charge in [0.25, 0.3) is 0 Å². The largest absolute Gasteiger partial charge is 0.496 e. The van der Waals surface area contributed by atoms with E-state index in [0.29, 0.717) is 6.42 Å². The van der Waals surface area contributed by atoms with E-state index >= 15 is 0 Å². The Morgan fingerprint density at radius 2 is 1.80 bits per heavy atom. The van der Waals surface area contributed by atoms with E-state index in [2.05, 4.69) is 0 Å². The zero-order valence-electron chi connectivity index (χ0n) is 11.8. The molecule has 0 aliphatic rings. The lowest BCUT2D eigenvalue weighted by molar-refractivity contribution is -0.121. The second-order valence-electron chi connectivity index (χ2n) is 4.90. The molecule has 0 saturated carbocycles. The van der Waals surface area contributed by atoms with Crippen molar-refractivity contribution in [2.75, 3.05) is 7.11 Å². The number of hydrogen-bond acceptors (Lipinski definition) is 2. The highest BCUT2D eigenvalue weighted by Gasteiger charge is 2.10. The summed E-state index contributed by atoms with van der Waals surface area (Å²) in [6.07, 6.45) is 0.668. The lowest BCUT2D eigenvalue weighted by atomic mass is 9.97. The molecular formula is C17H19NO2. The van der Waals surface area contributed by atoms with Crippen molar-refractivity contribution in [3.8, 4) is 16.9 Å². The minimum absolute atomic E-state index is 0.146. The number of primary amides is 1. The van der Waals surface area contributed by atoms with Crippen LogP contribution in [0.2, 0.25) is 0 Å². The Bertz CT molecular complexity index is 590. The number of hydrogen-bond donors (Lipinski definition) is 1. The van der Waals surface area contributed by atoms with E-state index in [-0.39, 0.29) is 11.8 Å². The van der Waals surface area contributed by atoms with Gasteiger partial charge in [-0.3, -0.25) is 4.79 Å². The predicted octanol–water partition coefficient (Wildman–Crippen LogP) is 3.03. The lowest BCUT2D eigenvalue weighted by Crippen LogP contribution is -2.22. The van der Waals surface area contributed by atoms with Crippen molar-refractivity contribution in [1.29, 1.82) is 0 Å². The molecule has 3 heteroatoms. The molecule has 0 spiro atoms. The van der Waals surface area contributed by atoms with Crippen LogP contribution in [0.3, 0.4) is 0 Å². The number of methoxy groups -OCH3 is 1. The number of rotatable bonds is 5. The number of carbonyl (C=O) groups excluding carboxylic acids is 1. The maximum Gasteiger partial charge on any atom is 0.220 e. The van der Waals surface area contributed by atoms with Crippen molar-refractivity contribution in [2.45, 2.75) is 13.3 Å². The zero-order valence-corrected chi connectivity index (χ0v) is 11.8. The summed E-state index contributed by atoms with van der Waals surface area (Å²) in [6, 6.07) is 16.1. The zero-order chi connectivity index (χ0) is 14.5. The van der Waals surface area contributed by atoms with Crippen LogP contribution in [0.4, 0.5) is 0 Å². The number of para-hydroxylation sites is 1. The minimum Gasteiger partial charge on any atom is -0.496 e. The first-order valence-corrected chi connectivity index (χ1v) is 6.63. The topological polar surface area (TPSA) is 52.3 Å². The molecule has 20 heavy (non-hydrogen) atoms. The van der Waals surface area contributed by atoms with Gasteiger partial charge in [0.2, 0.25) is 5.91 Å². The molecule has 0 aliphatic carbocycles. The molecule has 2 aromatic rings. The molecule has 0 radical (unpaired) electrons. The normalized spacial score (nSPS) is 11.9. The summed E-state index contributed by atoms with van der Waals surface area (Å²) in [6.45, 7) is 1.84. The van der Waals surface area contributed by atoms with Gasteiger partial charge in [0.05, 0.1) is 7.11 Å². The number of ether oxygens (including phenoxy) is 1. The monoisotopic (exact) mass is 269 g/mol. The summed E-state index contributed by atoms with van der Waals surface area (Å²) < 4.78 is 5.36. The van der Waals surface area contributed by atoms with Crippen LogP contribution in [-0.2, 0) is 11.2 Å². The first kappa shape index (κ1) is 14.1. The smallest absolute Gasteiger partial charge is 0.220 e. The van der Waals surface area contributed by atoms with Gasteiger partial charge < -0.3 is 10.5 Å². The molecule has 104 valence electrons. The molecule has 0 heterocycles. The standard InChI is InChI=1S/C17H19NO2/c1-12(17(18)19)11-13-7-9-14(10-8-13)15-5-3-4-6-16(15)20-2/h3-10,12H,11H2,1-2H3,(H2,18,19)/t12-/m1/s1. The highest BCUT2D eigenvalue weighted by molar-refractivity contribution is 5.76. The van der Waals surface area contributed by atoms with Gasteiger partial charge in [-0.25, -0.2) is 0 Å². The van der Waals surface area contributed by atoms with E-state index in [9.17, 15) is 4.79 Å². The fourth-order valence-corrected chi connectivity index (χ4v) is 2.16. The van der Waals surface area contributed by atoms with Gasteiger partial charge >= 0.3 is 0 Å². The Balaban J connectivity index is 2.22. The Morgan fingerprint density at radius 3 is 2.40 bits per heavy atom. The van der Waals surface area contributed by atoms with Crippen LogP contribution in [0.25, 0.3) is 11.1 Å². The van der Waals surface area contributed by atoms with Crippen LogP contribution in [0.1, 0.15) is 12.5 Å². The summed E-state index contributed by atoms with van der Waals surface area (Å²) in [7, 11) is 1.67. The van der Waals surface area contributed by atoms with Gasteiger partial charge in [-0.1, -0.05) is 49.4 Å². The molecular weight excluding hydrogens is 250 g/mol. The Morgan fingerprint density at radius 1 is 1.15 bits per heavy atom. The van der Waals surface area contributed by atoms with E-state index in [1.54, 1.807) is 7.11 Å². The summed E-state index contributed by atoms with van der Waals surface area (Å²) in [5, 5.41) is 0. The van der Waals surface area contributed by atoms with Crippen LogP contribution in [0.15, 0.2) is 48.5 Å². The maximum absolute atomic E-state index is 11.1. The van der Waals surface area contributed by atoms with Crippen LogP contribution in [0, 0.1) is 5.92 Å². The van der Waals surface area contributed by atoms with Crippen LogP contribution in [-0.4, -0.2) is 13.0 Å². The van der Waals surface area contributed by atoms with Crippen LogP contribution >= 0.6 is 0 Å². The van der Waals surface area contributed by atoms with Crippen LogP contribution < -0.4 is 10.5 Å². The minimum atomic E-state index is -0.265. The highest BCUT2D eigenvalue weighted by Crippen LogP contribution is 2.29. The first-order chi connectivity index (χ1) is 9.61. The third-order valence-corrected chi connectivity index (χ3v) is 3.40. The van der Waals surface area contributed by atoms with Gasteiger partial charge in [-0.15, -0.1) is 0 Å². The second-order valence-corrected chi connectivity index (χ2v) is 4.90. The molecule has 1 atom stereocenters. The lowest BCUT2D eigenvalue weighted by Gasteiger charge is -2.10. The maximum atomic E-state index is 11.1. The summed E-state index contributed by atoms with van der Waals surface area (Å²) in [5.41, 5.74) is 8.55. The second kappa shape index (κ2) is 6.24. The van der Waals surface area contributed by atoms with E-state index in [4.69, 9.17) is 10.5 Å². The third kappa shape index (κ3) is 3.18. The van der Waals surface area contributed by atoms with E-state index in [1.165, 1.54) is 0 Å². The van der Waals surface area contributed by atoms with Gasteiger partial charge in [-0.2, -0.15) is 0 Å². The molecule has 0 unspecified atom stereocenters. The number of carbonyl (C=O) groups is 1. The van der Waals surface area contributed by atoms with Crippen molar-refractivity contribution in [2.24, 2.45) is 11.7 Å². The van der Waals surface area contributed by atoms with Crippen molar-refractivity contribution in [3.05, 3.63) is 54.1 Å². The average Bonchev–Trinajstić information content (AvgIpc) is 2.48. The van der Waals surface area contributed by atoms with E-state index in [0.717, 1.165) is 22.4 Å². The fourth-order valence-electron chi connectivity index (χ4n) is 2.16. The molecule has 0 aromatic heterocycles. The Kier molecular flexibility index (Phi) is 4.41. The van der Waals surface area contributed by atoms with E-state index < -0.39 is 0 Å². The van der Waals surface area contributed by atoms with Crippen molar-refractivity contribution in [3.63, 3.8) is 0 Å². The Hall–Kier alpha value is -2.29. The van der Waals surface area contributed by atoms with Gasteiger partial charge in [0, 0.05) is 11.5 Å². The molecule has 0 fully saturated rings. The number of nitrogens with two attached hydrogens (primary N) is 1. The molecule has 0 aliphatic heterocycles. The first-order valence-electron chi connectivity index (χ1n) is 6.63. The highest BCUT2D eigenvalue weighted by atomic mass is 16.5. The molecule has 0 saturated heterocycles. The molecule has 2 N–H and O–H groups in total. The predicted molar refractivity (Wildman–Crippen MR) is 80.5 cm³/mol. The summed E-state index contributed by atoms with van der Waals surface area (Å²) in [5.74, 6) is 0.441. The average molecular weight is 269 g/mol. The van der Waals surface area contributed by atoms with Crippen molar-refractivity contribution < 1.29 is 9.53 Å². The van der Waals surface area contributed by atoms with Gasteiger partial charge in [-0.05, 0) is 23.6 Å². The molecule has 1 amide bonds. The number of benzene rings is 2. The fraction of sp³-hybridized carbons (Fsp3) is 0.235. The van der Waals surface area contributed by atoms with Gasteiger partial charge in [0.1, 0.15) is 5.75 Å².